The molecule has 9 rings (SSSR count). The first-order valence-corrected chi connectivity index (χ1v) is 30.5. The van der Waals surface area contributed by atoms with Gasteiger partial charge in [0.15, 0.2) is 31.5 Å². The minimum atomic E-state index is -1.85. The molecule has 3 saturated carbocycles. The molecule has 0 bridgehead atoms. The average molecular weight is 1240 g/mol. The number of aliphatic hydroxyl groups is 17. The Labute approximate surface area is 500 Å². The average Bonchev–Trinajstić information content (AvgIpc) is 1.22. The second kappa shape index (κ2) is 26.4. The molecule has 0 amide bonds. The molecule has 0 unspecified atom stereocenters. The lowest BCUT2D eigenvalue weighted by Gasteiger charge is -2.68. The lowest BCUT2D eigenvalue weighted by Crippen LogP contribution is -2.66. The minimum absolute atomic E-state index is 0.0606. The van der Waals surface area contributed by atoms with Crippen LogP contribution in [0.1, 0.15) is 107 Å². The number of allylic oxidation sites excluding steroid dienone is 3. The fourth-order valence-electron chi connectivity index (χ4n) is 16.6. The number of rotatable bonds is 18. The molecule has 0 spiro atoms. The van der Waals surface area contributed by atoms with E-state index in [0.717, 1.165) is 11.1 Å². The van der Waals surface area contributed by atoms with Crippen LogP contribution in [-0.2, 0) is 47.4 Å². The van der Waals surface area contributed by atoms with Crippen molar-refractivity contribution >= 4 is 0 Å². The summed E-state index contributed by atoms with van der Waals surface area (Å²) in [5, 5.41) is 184. The Balaban J connectivity index is 0.916. The number of aliphatic hydroxyl groups excluding tert-OH is 17. The highest BCUT2D eigenvalue weighted by Gasteiger charge is 2.71. The van der Waals surface area contributed by atoms with Gasteiger partial charge in [-0.05, 0) is 106 Å². The summed E-state index contributed by atoms with van der Waals surface area (Å²) >= 11 is 0. The standard InChI is InChI=1S/C59H98O27/c1-24(2)10-9-14-59(8,86-53-48(76)43(71)40(68)31(83-53)23-79-51-46(74)42(70)39(67)30(82-51)22-78-50-45(73)36(64)27(63)21-77-50)25-11-16-58(7)35(25)26(62)18-33-56(5)15-13-34(55(3,4)32(56)12-17-57(33,58)6)84-54-49(44(72)38(66)29(20-61)81-54)85-52-47(75)41(69)37(65)28(19-60)80-52/h10,12,25-31,33-54,60-76H,9,11,13-23H2,1-8H3/t25-,26+,27+,28+,29+,30+,31+,33+,34-,35-,36-,37+,38+,39+,40+,41-,42-,43-,44-,45+,46+,47+,48+,49+,50+,51-,52+,53+,54+,56-,57+,58+,59-/m0/s1. The van der Waals surface area contributed by atoms with Gasteiger partial charge in [-0.25, -0.2) is 0 Å². The van der Waals surface area contributed by atoms with Gasteiger partial charge in [0.05, 0.1) is 50.8 Å². The van der Waals surface area contributed by atoms with Crippen molar-refractivity contribution in [3.05, 3.63) is 23.3 Å². The molecule has 33 atom stereocenters. The minimum Gasteiger partial charge on any atom is -0.394 e. The van der Waals surface area contributed by atoms with Crippen LogP contribution >= 0.6 is 0 Å². The van der Waals surface area contributed by atoms with Gasteiger partial charge < -0.3 is 134 Å². The van der Waals surface area contributed by atoms with E-state index in [1.54, 1.807) is 0 Å². The highest BCUT2D eigenvalue weighted by molar-refractivity contribution is 5.34. The molecule has 5 heterocycles. The maximum Gasteiger partial charge on any atom is 0.187 e. The zero-order chi connectivity index (χ0) is 63.1. The molecule has 0 radical (unpaired) electrons. The topological polar surface area (TPSA) is 436 Å². The van der Waals surface area contributed by atoms with Gasteiger partial charge in [0.1, 0.15) is 116 Å². The number of fused-ring (bicyclic) bond motifs is 5. The van der Waals surface area contributed by atoms with E-state index in [1.165, 1.54) is 0 Å². The van der Waals surface area contributed by atoms with Crippen LogP contribution in [-0.4, -0.2) is 285 Å². The first kappa shape index (κ1) is 68.8. The van der Waals surface area contributed by atoms with E-state index in [4.69, 9.17) is 47.4 Å². The summed E-state index contributed by atoms with van der Waals surface area (Å²) in [7, 11) is 0. The van der Waals surface area contributed by atoms with E-state index in [1.807, 2.05) is 34.6 Å². The Hall–Kier alpha value is -1.60. The van der Waals surface area contributed by atoms with Crippen molar-refractivity contribution in [2.45, 2.75) is 272 Å². The third-order valence-corrected chi connectivity index (χ3v) is 21.9. The van der Waals surface area contributed by atoms with Crippen molar-refractivity contribution < 1.29 is 134 Å². The quantitative estimate of drug-likeness (QED) is 0.0585. The maximum absolute atomic E-state index is 12.9. The van der Waals surface area contributed by atoms with E-state index in [2.05, 4.69) is 32.9 Å². The monoisotopic (exact) mass is 1240 g/mol. The van der Waals surface area contributed by atoms with Gasteiger partial charge in [-0.15, -0.1) is 0 Å². The van der Waals surface area contributed by atoms with Crippen LogP contribution in [0.25, 0.3) is 0 Å². The molecule has 5 aliphatic heterocycles. The highest BCUT2D eigenvalue weighted by atomic mass is 16.8. The summed E-state index contributed by atoms with van der Waals surface area (Å²) in [5.74, 6) is -0.745. The van der Waals surface area contributed by atoms with Gasteiger partial charge in [0, 0.05) is 5.41 Å². The second-order valence-electron chi connectivity index (χ2n) is 27.7. The number of hydrogen-bond acceptors (Lipinski definition) is 27. The third kappa shape index (κ3) is 12.3. The van der Waals surface area contributed by atoms with E-state index >= 15 is 0 Å². The van der Waals surface area contributed by atoms with Gasteiger partial charge in [-0.1, -0.05) is 57.9 Å². The van der Waals surface area contributed by atoms with Crippen LogP contribution in [0.5, 0.6) is 0 Å². The molecule has 27 nitrogen and oxygen atoms in total. The van der Waals surface area contributed by atoms with Gasteiger partial charge in [0.25, 0.3) is 0 Å². The Morgan fingerprint density at radius 1 is 0.570 bits per heavy atom. The van der Waals surface area contributed by atoms with E-state index < -0.39 is 213 Å². The van der Waals surface area contributed by atoms with E-state index in [-0.39, 0.29) is 24.4 Å². The molecule has 0 aromatic heterocycles. The molecule has 27 heteroatoms. The normalized spacial score (nSPS) is 52.0. The summed E-state index contributed by atoms with van der Waals surface area (Å²) in [6.07, 6.45) is -31.8. The summed E-state index contributed by atoms with van der Waals surface area (Å²) < 4.78 is 60.2. The van der Waals surface area contributed by atoms with Crippen molar-refractivity contribution in [1.82, 2.24) is 0 Å². The summed E-state index contributed by atoms with van der Waals surface area (Å²) in [5.41, 5.74) is -1.12. The Morgan fingerprint density at radius 3 is 1.70 bits per heavy atom. The molecule has 4 aliphatic carbocycles. The van der Waals surface area contributed by atoms with Crippen LogP contribution in [0.2, 0.25) is 0 Å². The van der Waals surface area contributed by atoms with Gasteiger partial charge in [-0.3, -0.25) is 0 Å². The molecular weight excluding hydrogens is 1140 g/mol. The van der Waals surface area contributed by atoms with Crippen molar-refractivity contribution in [2.75, 3.05) is 33.0 Å². The molecule has 86 heavy (non-hydrogen) atoms. The number of ether oxygens (including phenoxy) is 10. The molecule has 17 N–H and O–H groups in total. The van der Waals surface area contributed by atoms with Crippen LogP contribution in [0, 0.1) is 39.4 Å². The molecule has 9 aliphatic rings. The predicted molar refractivity (Wildman–Crippen MR) is 293 cm³/mol. The second-order valence-corrected chi connectivity index (χ2v) is 27.7. The van der Waals surface area contributed by atoms with E-state index in [9.17, 15) is 86.8 Å². The van der Waals surface area contributed by atoms with Crippen LogP contribution in [0.15, 0.2) is 23.3 Å². The Morgan fingerprint density at radius 2 is 1.09 bits per heavy atom. The lowest BCUT2D eigenvalue weighted by molar-refractivity contribution is -0.375. The Bertz CT molecular complexity index is 2330. The smallest absolute Gasteiger partial charge is 0.187 e. The molecule has 496 valence electrons. The van der Waals surface area contributed by atoms with Crippen LogP contribution in [0.4, 0.5) is 0 Å². The summed E-state index contributed by atoms with van der Waals surface area (Å²) in [6, 6.07) is 0. The SMILES string of the molecule is CC(C)=CCC[C@](C)(O[C@H]1O[C@H](CO[C@H]2O[C@H](CO[C@H]3OC[C@@H](O)[C@H](O)[C@H]3O)[C@@H](O)[C@H](O)[C@H]2O)[C@@H](O)[C@H](O)[C@H]1O)[C@H]1CC[C@]2(C)[C@@H]1[C@H](O)C[C@@H]1[C@@]3(C)CC[C@H](O[C@H]4O[C@H](CO)[C@@H](O)[C@H](O)[C@H]4O[C@H]4O[C@H](CO)[C@@H](O)[C@H](O)[C@H]4O)C(C)(C)C3=CC[C@]12C. The highest BCUT2D eigenvalue weighted by Crippen LogP contribution is 2.75. The summed E-state index contributed by atoms with van der Waals surface area (Å²) in [4.78, 5) is 0. The number of hydrogen-bond donors (Lipinski definition) is 17. The third-order valence-electron chi connectivity index (χ3n) is 21.9. The zero-order valence-corrected chi connectivity index (χ0v) is 50.3. The lowest BCUT2D eigenvalue weighted by atomic mass is 9.37. The first-order valence-electron chi connectivity index (χ1n) is 30.5. The fraction of sp³-hybridized carbons (Fsp3) is 0.932. The van der Waals surface area contributed by atoms with E-state index in [0.29, 0.717) is 51.4 Å². The zero-order valence-electron chi connectivity index (χ0n) is 50.3. The van der Waals surface area contributed by atoms with Crippen LogP contribution in [0.3, 0.4) is 0 Å². The molecule has 0 aromatic carbocycles. The largest absolute Gasteiger partial charge is 0.394 e. The molecular formula is C59H98O27. The molecule has 0 aromatic rings. The van der Waals surface area contributed by atoms with Gasteiger partial charge >= 0.3 is 0 Å². The van der Waals surface area contributed by atoms with Crippen molar-refractivity contribution in [3.8, 4) is 0 Å². The first-order chi connectivity index (χ1) is 40.3. The molecule has 5 saturated heterocycles. The maximum atomic E-state index is 12.9. The van der Waals surface area contributed by atoms with Gasteiger partial charge in [-0.2, -0.15) is 0 Å². The van der Waals surface area contributed by atoms with Crippen molar-refractivity contribution in [1.29, 1.82) is 0 Å². The predicted octanol–water partition coefficient (Wildman–Crippen LogP) is -3.82. The fourth-order valence-corrected chi connectivity index (χ4v) is 16.6. The van der Waals surface area contributed by atoms with Crippen LogP contribution < -0.4 is 0 Å². The summed E-state index contributed by atoms with van der Waals surface area (Å²) in [6.45, 7) is 13.8. The van der Waals surface area contributed by atoms with Crippen molar-refractivity contribution in [3.63, 3.8) is 0 Å². The van der Waals surface area contributed by atoms with Gasteiger partial charge in [0.2, 0.25) is 0 Å². The van der Waals surface area contributed by atoms with Crippen molar-refractivity contribution in [2.24, 2.45) is 39.4 Å². The Kier molecular flexibility index (Phi) is 21.1. The molecule has 8 fully saturated rings.